The number of hydrogen-bond donors (Lipinski definition) is 4. The third-order valence-corrected chi connectivity index (χ3v) is 5.29. The van der Waals surface area contributed by atoms with Gasteiger partial charge in [-0.1, -0.05) is 6.07 Å². The molecule has 4 rings (SSSR count). The Balaban J connectivity index is 1.67. The molecule has 0 aliphatic carbocycles. The van der Waals surface area contributed by atoms with Gasteiger partial charge in [0, 0.05) is 30.9 Å². The Morgan fingerprint density at radius 2 is 2.07 bits per heavy atom. The average molecular weight is 399 g/mol. The molecule has 29 heavy (non-hydrogen) atoms. The van der Waals surface area contributed by atoms with Gasteiger partial charge in [-0.05, 0) is 48.7 Å². The van der Waals surface area contributed by atoms with Gasteiger partial charge in [-0.2, -0.15) is 0 Å². The summed E-state index contributed by atoms with van der Waals surface area (Å²) in [6.07, 6.45) is 0.337. The van der Waals surface area contributed by atoms with Crippen molar-refractivity contribution in [2.75, 3.05) is 23.8 Å². The maximum atomic E-state index is 14.2. The van der Waals surface area contributed by atoms with Gasteiger partial charge >= 0.3 is 0 Å². The molecular weight excluding hydrogens is 377 g/mol. The molecule has 7 nitrogen and oxygen atoms in total. The number of rotatable bonds is 6. The summed E-state index contributed by atoms with van der Waals surface area (Å²) in [6.45, 7) is 3.09. The maximum Gasteiger partial charge on any atom is 0.261 e. The largest absolute Gasteiger partial charge is 0.396 e. The smallest absolute Gasteiger partial charge is 0.261 e. The number of aliphatic hydroxyl groups is 1. The lowest BCUT2D eigenvalue weighted by Crippen LogP contribution is -2.36. The van der Waals surface area contributed by atoms with E-state index in [0.717, 1.165) is 24.7 Å². The van der Waals surface area contributed by atoms with Gasteiger partial charge in [-0.15, -0.1) is 0 Å². The number of hydrogen-bond acceptors (Lipinski definition) is 5. The topological polar surface area (TPSA) is 99.7 Å². The van der Waals surface area contributed by atoms with E-state index in [4.69, 9.17) is 9.84 Å². The molecule has 4 N–H and O–H groups in total. The molecule has 2 aromatic carbocycles. The van der Waals surface area contributed by atoms with Crippen molar-refractivity contribution in [3.05, 3.63) is 58.4 Å². The van der Waals surface area contributed by atoms with E-state index in [9.17, 15) is 14.0 Å². The number of ether oxygens (including phenoxy) is 1. The fraction of sp³-hybridized carbons (Fsp3) is 0.333. The Bertz CT molecular complexity index is 994. The van der Waals surface area contributed by atoms with Crippen LogP contribution in [0.4, 0.5) is 15.8 Å². The fourth-order valence-electron chi connectivity index (χ4n) is 3.80. The van der Waals surface area contributed by atoms with E-state index in [1.54, 1.807) is 13.0 Å². The number of carbonyl (C=O) groups is 2. The molecule has 0 aromatic heterocycles. The quantitative estimate of drug-likeness (QED) is 0.559. The van der Waals surface area contributed by atoms with Gasteiger partial charge in [-0.25, -0.2) is 4.39 Å². The van der Waals surface area contributed by atoms with Gasteiger partial charge in [0.05, 0.1) is 17.9 Å². The molecule has 2 aliphatic rings. The fourth-order valence-corrected chi connectivity index (χ4v) is 3.80. The molecule has 0 radical (unpaired) electrons. The van der Waals surface area contributed by atoms with Gasteiger partial charge in [0.15, 0.2) is 5.60 Å². The normalized spacial score (nSPS) is 19.6. The molecule has 0 unspecified atom stereocenters. The van der Waals surface area contributed by atoms with Crippen molar-refractivity contribution >= 4 is 23.2 Å². The number of benzene rings is 2. The van der Waals surface area contributed by atoms with E-state index in [1.807, 2.05) is 12.1 Å². The molecule has 2 heterocycles. The van der Waals surface area contributed by atoms with Crippen LogP contribution in [0, 0.1) is 5.82 Å². The highest BCUT2D eigenvalue weighted by Crippen LogP contribution is 2.42. The van der Waals surface area contributed by atoms with E-state index in [0.29, 0.717) is 17.7 Å². The molecule has 2 amide bonds. The van der Waals surface area contributed by atoms with Gasteiger partial charge in [-0.3, -0.25) is 9.59 Å². The summed E-state index contributed by atoms with van der Waals surface area (Å²) in [5.41, 5.74) is 1.95. The van der Waals surface area contributed by atoms with Crippen LogP contribution in [0.2, 0.25) is 0 Å². The van der Waals surface area contributed by atoms with Crippen molar-refractivity contribution in [1.29, 1.82) is 0 Å². The lowest BCUT2D eigenvalue weighted by molar-refractivity contribution is -0.139. The summed E-state index contributed by atoms with van der Waals surface area (Å²) in [5.74, 6) is -1.64. The minimum atomic E-state index is -1.45. The summed E-state index contributed by atoms with van der Waals surface area (Å²) in [7, 11) is 0. The minimum absolute atomic E-state index is 0.0310. The molecule has 0 bridgehead atoms. The molecule has 0 fully saturated rings. The van der Waals surface area contributed by atoms with Crippen LogP contribution in [0.15, 0.2) is 30.3 Å². The van der Waals surface area contributed by atoms with Crippen LogP contribution in [-0.2, 0) is 28.2 Å². The van der Waals surface area contributed by atoms with Crippen LogP contribution < -0.4 is 16.0 Å². The van der Waals surface area contributed by atoms with Gasteiger partial charge in [0.2, 0.25) is 0 Å². The molecule has 1 atom stereocenters. The second kappa shape index (κ2) is 7.55. The van der Waals surface area contributed by atoms with Crippen molar-refractivity contribution in [1.82, 2.24) is 5.32 Å². The number of anilines is 2. The van der Waals surface area contributed by atoms with Crippen LogP contribution in [0.5, 0.6) is 0 Å². The molecule has 8 heteroatoms. The lowest BCUT2D eigenvalue weighted by Gasteiger charge is -2.25. The predicted octanol–water partition coefficient (Wildman–Crippen LogP) is 2.25. The first kappa shape index (κ1) is 19.5. The Morgan fingerprint density at radius 1 is 1.28 bits per heavy atom. The highest BCUT2D eigenvalue weighted by Gasteiger charge is 2.47. The zero-order chi connectivity index (χ0) is 20.6. The molecule has 152 valence electrons. The first-order chi connectivity index (χ1) is 13.9. The summed E-state index contributed by atoms with van der Waals surface area (Å²) in [5, 5.41) is 17.6. The second-order valence-corrected chi connectivity index (χ2v) is 7.33. The van der Waals surface area contributed by atoms with E-state index in [2.05, 4.69) is 16.0 Å². The zero-order valence-electron chi connectivity index (χ0n) is 16.0. The van der Waals surface area contributed by atoms with Gasteiger partial charge < -0.3 is 25.8 Å². The van der Waals surface area contributed by atoms with Crippen molar-refractivity contribution < 1.29 is 23.8 Å². The maximum absolute atomic E-state index is 14.2. The SMILES string of the molecule is C[C@]1(OCCCO)C(=O)Nc2cc(F)cc(C(=O)Nc3ccc4c(c3)CNC4)c21. The Kier molecular flexibility index (Phi) is 5.08. The molecular formula is C21H22FN3O4. The van der Waals surface area contributed by atoms with E-state index < -0.39 is 23.2 Å². The third kappa shape index (κ3) is 3.50. The molecule has 0 saturated heterocycles. The van der Waals surface area contributed by atoms with Crippen LogP contribution in [0.25, 0.3) is 0 Å². The molecule has 2 aromatic rings. The number of fused-ring (bicyclic) bond motifs is 2. The first-order valence-electron chi connectivity index (χ1n) is 9.46. The number of halogens is 1. The molecule has 2 aliphatic heterocycles. The second-order valence-electron chi connectivity index (χ2n) is 7.33. The Hall–Kier alpha value is -2.81. The average Bonchev–Trinajstić information content (AvgIpc) is 3.24. The highest BCUT2D eigenvalue weighted by molar-refractivity contribution is 6.13. The van der Waals surface area contributed by atoms with E-state index in [1.165, 1.54) is 11.6 Å². The number of carbonyl (C=O) groups excluding carboxylic acids is 2. The van der Waals surface area contributed by atoms with Crippen LogP contribution in [0.3, 0.4) is 0 Å². The lowest BCUT2D eigenvalue weighted by atomic mass is 9.91. The van der Waals surface area contributed by atoms with Crippen LogP contribution in [0.1, 0.15) is 40.4 Å². The van der Waals surface area contributed by atoms with Gasteiger partial charge in [0.25, 0.3) is 11.8 Å². The predicted molar refractivity (Wildman–Crippen MR) is 105 cm³/mol. The highest BCUT2D eigenvalue weighted by atomic mass is 19.1. The standard InChI is InChI=1S/C21H22FN3O4/c1-21(29-6-2-5-26)18-16(8-14(22)9-17(18)25-20(21)28)19(27)24-15-4-3-12-10-23-11-13(12)7-15/h3-4,7-9,23,26H,2,5-6,10-11H2,1H3,(H,24,27)(H,25,28)/t21-/m1/s1. The van der Waals surface area contributed by atoms with Gasteiger partial charge in [0.1, 0.15) is 5.82 Å². The molecule has 0 spiro atoms. The van der Waals surface area contributed by atoms with Crippen molar-refractivity contribution in [3.63, 3.8) is 0 Å². The summed E-state index contributed by atoms with van der Waals surface area (Å²) in [4.78, 5) is 25.6. The van der Waals surface area contributed by atoms with E-state index in [-0.39, 0.29) is 24.5 Å². The number of amides is 2. The van der Waals surface area contributed by atoms with E-state index >= 15 is 0 Å². The number of aliphatic hydroxyl groups excluding tert-OH is 1. The first-order valence-corrected chi connectivity index (χ1v) is 9.46. The Morgan fingerprint density at radius 3 is 2.86 bits per heavy atom. The van der Waals surface area contributed by atoms with Crippen molar-refractivity contribution in [2.24, 2.45) is 0 Å². The van der Waals surface area contributed by atoms with Crippen molar-refractivity contribution in [2.45, 2.75) is 32.0 Å². The molecule has 0 saturated carbocycles. The summed E-state index contributed by atoms with van der Waals surface area (Å²) in [6, 6.07) is 7.90. The summed E-state index contributed by atoms with van der Waals surface area (Å²) >= 11 is 0. The monoisotopic (exact) mass is 399 g/mol. The van der Waals surface area contributed by atoms with Crippen molar-refractivity contribution in [3.8, 4) is 0 Å². The minimum Gasteiger partial charge on any atom is -0.396 e. The van der Waals surface area contributed by atoms with Crippen LogP contribution in [-0.4, -0.2) is 30.1 Å². The Labute approximate surface area is 167 Å². The number of nitrogens with one attached hydrogen (secondary N) is 3. The zero-order valence-corrected chi connectivity index (χ0v) is 16.0. The third-order valence-electron chi connectivity index (χ3n) is 5.29. The summed E-state index contributed by atoms with van der Waals surface area (Å²) < 4.78 is 19.9. The van der Waals surface area contributed by atoms with Crippen LogP contribution >= 0.6 is 0 Å².